The number of hydrogen-bond donors (Lipinski definition) is 3. The monoisotopic (exact) mass is 232 g/mol. The fourth-order valence-electron chi connectivity index (χ4n) is 1.44. The molecule has 17 heavy (non-hydrogen) atoms. The van der Waals surface area contributed by atoms with E-state index in [0.717, 1.165) is 0 Å². The predicted molar refractivity (Wildman–Crippen MR) is 65.8 cm³/mol. The zero-order chi connectivity index (χ0) is 12.1. The Morgan fingerprint density at radius 1 is 1.06 bits per heavy atom. The first kappa shape index (κ1) is 11.3. The van der Waals surface area contributed by atoms with Crippen molar-refractivity contribution < 1.29 is 4.39 Å². The number of aromatic nitrogens is 1. The molecule has 1 heterocycles. The van der Waals surface area contributed by atoms with Crippen molar-refractivity contribution in [3.05, 3.63) is 53.8 Å². The van der Waals surface area contributed by atoms with Gasteiger partial charge in [0.15, 0.2) is 0 Å². The smallest absolute Gasteiger partial charge is 0.142 e. The molecule has 0 saturated heterocycles. The second kappa shape index (κ2) is 5.27. The van der Waals surface area contributed by atoms with E-state index >= 15 is 0 Å². The fraction of sp³-hybridized carbons (Fsp3) is 0.0833. The Morgan fingerprint density at radius 3 is 2.59 bits per heavy atom. The van der Waals surface area contributed by atoms with Crippen molar-refractivity contribution in [3.63, 3.8) is 0 Å². The van der Waals surface area contributed by atoms with Gasteiger partial charge in [-0.2, -0.15) is 0 Å². The van der Waals surface area contributed by atoms with Gasteiger partial charge in [-0.15, -0.1) is 0 Å². The van der Waals surface area contributed by atoms with E-state index in [1.54, 1.807) is 30.3 Å². The highest BCUT2D eigenvalue weighted by molar-refractivity contribution is 5.44. The molecule has 0 aliphatic carbocycles. The molecule has 0 amide bonds. The van der Waals surface area contributed by atoms with Crippen LogP contribution in [-0.4, -0.2) is 4.98 Å². The van der Waals surface area contributed by atoms with Crippen LogP contribution in [0.5, 0.6) is 0 Å². The zero-order valence-corrected chi connectivity index (χ0v) is 9.15. The van der Waals surface area contributed by atoms with E-state index in [2.05, 4.69) is 15.7 Å². The van der Waals surface area contributed by atoms with Crippen molar-refractivity contribution in [1.29, 1.82) is 0 Å². The number of nitrogens with one attached hydrogen (secondary N) is 2. The minimum Gasteiger partial charge on any atom is -0.366 e. The number of nitrogen functional groups attached to an aromatic ring is 1. The van der Waals surface area contributed by atoms with E-state index in [1.807, 2.05) is 6.07 Å². The standard InChI is InChI=1S/C12H13FN4/c13-10-5-2-1-4-9(10)8-15-11-6-3-7-12(16-11)17-14/h1-7H,8,14H2,(H2,15,16,17). The number of nitrogens with zero attached hydrogens (tertiary/aromatic N) is 1. The van der Waals surface area contributed by atoms with Gasteiger partial charge in [-0.3, -0.25) is 0 Å². The number of pyridine rings is 1. The molecule has 4 nitrogen and oxygen atoms in total. The molecular formula is C12H13FN4. The van der Waals surface area contributed by atoms with Crippen LogP contribution in [0.15, 0.2) is 42.5 Å². The van der Waals surface area contributed by atoms with Gasteiger partial charge in [0.2, 0.25) is 0 Å². The normalized spacial score (nSPS) is 10.0. The summed E-state index contributed by atoms with van der Waals surface area (Å²) in [7, 11) is 0. The van der Waals surface area contributed by atoms with Crippen molar-refractivity contribution in [1.82, 2.24) is 4.98 Å². The number of anilines is 2. The maximum Gasteiger partial charge on any atom is 0.142 e. The van der Waals surface area contributed by atoms with Crippen LogP contribution in [0.3, 0.4) is 0 Å². The summed E-state index contributed by atoms with van der Waals surface area (Å²) in [6, 6.07) is 12.0. The SMILES string of the molecule is NNc1cccc(NCc2ccccc2F)n1. The quantitative estimate of drug-likeness (QED) is 0.558. The predicted octanol–water partition coefficient (Wildman–Crippen LogP) is 2.12. The van der Waals surface area contributed by atoms with Crippen LogP contribution < -0.4 is 16.6 Å². The molecule has 0 radical (unpaired) electrons. The van der Waals surface area contributed by atoms with Crippen molar-refractivity contribution in [2.75, 3.05) is 10.7 Å². The molecule has 0 aliphatic rings. The molecular weight excluding hydrogens is 219 g/mol. The number of benzene rings is 1. The van der Waals surface area contributed by atoms with Crippen molar-refractivity contribution in [3.8, 4) is 0 Å². The summed E-state index contributed by atoms with van der Waals surface area (Å²) in [5.74, 6) is 6.22. The van der Waals surface area contributed by atoms with Crippen molar-refractivity contribution >= 4 is 11.6 Å². The third kappa shape index (κ3) is 2.92. The van der Waals surface area contributed by atoms with Gasteiger partial charge in [0.25, 0.3) is 0 Å². The first-order valence-corrected chi connectivity index (χ1v) is 5.20. The van der Waals surface area contributed by atoms with E-state index in [1.165, 1.54) is 6.07 Å². The Labute approximate surface area is 98.6 Å². The van der Waals surface area contributed by atoms with Crippen LogP contribution in [0, 0.1) is 5.82 Å². The average molecular weight is 232 g/mol. The van der Waals surface area contributed by atoms with Gasteiger partial charge < -0.3 is 10.7 Å². The molecule has 88 valence electrons. The van der Waals surface area contributed by atoms with E-state index in [9.17, 15) is 4.39 Å². The van der Waals surface area contributed by atoms with Crippen LogP contribution in [-0.2, 0) is 6.54 Å². The Hall–Kier alpha value is -2.14. The highest BCUT2D eigenvalue weighted by Gasteiger charge is 2.01. The lowest BCUT2D eigenvalue weighted by Gasteiger charge is -2.07. The number of nitrogens with two attached hydrogens (primary N) is 1. The van der Waals surface area contributed by atoms with Crippen molar-refractivity contribution in [2.45, 2.75) is 6.54 Å². The highest BCUT2D eigenvalue weighted by Crippen LogP contribution is 2.11. The van der Waals surface area contributed by atoms with E-state index < -0.39 is 0 Å². The van der Waals surface area contributed by atoms with Crippen LogP contribution in [0.25, 0.3) is 0 Å². The summed E-state index contributed by atoms with van der Waals surface area (Å²) in [5.41, 5.74) is 3.05. The third-order valence-corrected chi connectivity index (χ3v) is 2.31. The summed E-state index contributed by atoms with van der Waals surface area (Å²) in [5, 5.41) is 3.03. The Morgan fingerprint density at radius 2 is 1.82 bits per heavy atom. The molecule has 0 unspecified atom stereocenters. The molecule has 0 atom stereocenters. The fourth-order valence-corrected chi connectivity index (χ4v) is 1.44. The molecule has 2 aromatic rings. The van der Waals surface area contributed by atoms with Crippen LogP contribution >= 0.6 is 0 Å². The van der Waals surface area contributed by atoms with Gasteiger partial charge in [0.05, 0.1) is 0 Å². The molecule has 1 aromatic heterocycles. The van der Waals surface area contributed by atoms with E-state index in [0.29, 0.717) is 23.7 Å². The van der Waals surface area contributed by atoms with Gasteiger partial charge in [-0.05, 0) is 18.2 Å². The van der Waals surface area contributed by atoms with Crippen LogP contribution in [0.1, 0.15) is 5.56 Å². The number of hydrazine groups is 1. The minimum atomic E-state index is -0.229. The molecule has 4 N–H and O–H groups in total. The van der Waals surface area contributed by atoms with Gasteiger partial charge >= 0.3 is 0 Å². The molecule has 0 spiro atoms. The summed E-state index contributed by atoms with van der Waals surface area (Å²) in [6.07, 6.45) is 0. The van der Waals surface area contributed by atoms with Gasteiger partial charge in [-0.25, -0.2) is 15.2 Å². The Bertz CT molecular complexity index is 501. The maximum absolute atomic E-state index is 13.3. The van der Waals surface area contributed by atoms with E-state index in [-0.39, 0.29) is 5.82 Å². The zero-order valence-electron chi connectivity index (χ0n) is 9.15. The molecule has 0 aliphatic heterocycles. The van der Waals surface area contributed by atoms with Crippen molar-refractivity contribution in [2.24, 2.45) is 5.84 Å². The minimum absolute atomic E-state index is 0.229. The van der Waals surface area contributed by atoms with Crippen LogP contribution in [0.4, 0.5) is 16.0 Å². The first-order valence-electron chi connectivity index (χ1n) is 5.20. The van der Waals surface area contributed by atoms with Crippen LogP contribution in [0.2, 0.25) is 0 Å². The Balaban J connectivity index is 2.05. The lowest BCUT2D eigenvalue weighted by molar-refractivity contribution is 0.613. The summed E-state index contributed by atoms with van der Waals surface area (Å²) in [4.78, 5) is 4.17. The van der Waals surface area contributed by atoms with Gasteiger partial charge in [0.1, 0.15) is 17.5 Å². The second-order valence-electron chi connectivity index (χ2n) is 3.50. The molecule has 1 aromatic carbocycles. The Kier molecular flexibility index (Phi) is 3.52. The van der Waals surface area contributed by atoms with Gasteiger partial charge in [0, 0.05) is 12.1 Å². The molecule has 0 bridgehead atoms. The van der Waals surface area contributed by atoms with Gasteiger partial charge in [-0.1, -0.05) is 24.3 Å². The number of hydrogen-bond acceptors (Lipinski definition) is 4. The number of rotatable bonds is 4. The largest absolute Gasteiger partial charge is 0.366 e. The lowest BCUT2D eigenvalue weighted by atomic mass is 10.2. The molecule has 0 fully saturated rings. The van der Waals surface area contributed by atoms with E-state index in [4.69, 9.17) is 5.84 Å². The summed E-state index contributed by atoms with van der Waals surface area (Å²) < 4.78 is 13.3. The lowest BCUT2D eigenvalue weighted by Crippen LogP contribution is -2.10. The highest BCUT2D eigenvalue weighted by atomic mass is 19.1. The third-order valence-electron chi connectivity index (χ3n) is 2.31. The topological polar surface area (TPSA) is 63.0 Å². The first-order chi connectivity index (χ1) is 8.29. The summed E-state index contributed by atoms with van der Waals surface area (Å²) >= 11 is 0. The molecule has 5 heteroatoms. The molecule has 0 saturated carbocycles. The summed E-state index contributed by atoms with van der Waals surface area (Å²) in [6.45, 7) is 0.383. The number of halogens is 1. The second-order valence-corrected chi connectivity index (χ2v) is 3.50. The maximum atomic E-state index is 13.3. The average Bonchev–Trinajstić information content (AvgIpc) is 2.38. The molecule has 2 rings (SSSR count).